The first-order valence-corrected chi connectivity index (χ1v) is 15.7. The molecule has 0 saturated carbocycles. The molecule has 12 nitrogen and oxygen atoms in total. The number of H-pyrrole nitrogens is 2. The number of methoxy groups -OCH3 is 1. The number of fused-ring (bicyclic) bond motifs is 2. The summed E-state index contributed by atoms with van der Waals surface area (Å²) in [5.41, 5.74) is 8.92. The molecule has 4 aromatic rings. The molecule has 2 aromatic carbocycles. The first-order chi connectivity index (χ1) is 22.2. The maximum absolute atomic E-state index is 14.5. The van der Waals surface area contributed by atoms with Gasteiger partial charge in [-0.3, -0.25) is 24.8 Å². The number of amides is 2. The fraction of sp³-hybridized carbons (Fsp3) is 0.394. The number of nitrogens with one attached hydrogen (secondary N) is 4. The molecule has 2 aromatic heterocycles. The van der Waals surface area contributed by atoms with Crippen LogP contribution in [0.2, 0.25) is 0 Å². The monoisotopic (exact) mass is 630 g/mol. The number of nitrogens with zero attached hydrogens (tertiary/aromatic N) is 4. The zero-order valence-corrected chi connectivity index (χ0v) is 26.5. The van der Waals surface area contributed by atoms with E-state index in [-0.39, 0.29) is 17.2 Å². The highest BCUT2D eigenvalue weighted by molar-refractivity contribution is 6.00. The van der Waals surface area contributed by atoms with Gasteiger partial charge in [-0.15, -0.1) is 0 Å². The van der Waals surface area contributed by atoms with Crippen molar-refractivity contribution in [2.24, 2.45) is 5.73 Å². The van der Waals surface area contributed by atoms with Crippen molar-refractivity contribution in [1.82, 2.24) is 24.7 Å². The Labute approximate surface area is 267 Å². The van der Waals surface area contributed by atoms with Crippen molar-refractivity contribution in [1.29, 1.82) is 0 Å². The summed E-state index contributed by atoms with van der Waals surface area (Å²) in [4.78, 5) is 43.2. The zero-order valence-electron chi connectivity index (χ0n) is 26.5. The van der Waals surface area contributed by atoms with Gasteiger partial charge in [-0.05, 0) is 61.7 Å². The summed E-state index contributed by atoms with van der Waals surface area (Å²) in [5.74, 6) is -0.0599. The van der Waals surface area contributed by atoms with Crippen molar-refractivity contribution >= 4 is 46.0 Å². The van der Waals surface area contributed by atoms with Gasteiger partial charge in [0.05, 0.1) is 23.7 Å². The molecule has 6 rings (SSSR count). The van der Waals surface area contributed by atoms with E-state index in [1.165, 1.54) is 12.1 Å². The molecule has 2 aliphatic heterocycles. The summed E-state index contributed by atoms with van der Waals surface area (Å²) in [7, 11) is 1.61. The first-order valence-electron chi connectivity index (χ1n) is 15.7. The minimum absolute atomic E-state index is 0.165. The van der Waals surface area contributed by atoms with E-state index >= 15 is 0 Å². The number of primary amides is 1. The Bertz CT molecular complexity index is 1750. The van der Waals surface area contributed by atoms with E-state index in [0.29, 0.717) is 59.8 Å². The number of aromatic nitrogens is 3. The number of carbonyl (C=O) groups excluding carboxylic acids is 2. The molecule has 0 aliphatic carbocycles. The SMILES string of the molecule is COc1cc2c(cc1Nc1nc(Nc3cccc(F)c3C(N)=O)c3cc[nH]c3[nH+]1)CN(C(=O)CCN1CCN(C(C)C)CC1)CC2. The number of rotatable bonds is 10. The second-order valence-electron chi connectivity index (χ2n) is 12.1. The normalized spacial score (nSPS) is 15.6. The number of halogens is 1. The van der Waals surface area contributed by atoms with Gasteiger partial charge in [0.15, 0.2) is 5.75 Å². The van der Waals surface area contributed by atoms with Crippen molar-refractivity contribution in [2.75, 3.05) is 57.0 Å². The highest BCUT2D eigenvalue weighted by atomic mass is 19.1. The van der Waals surface area contributed by atoms with E-state index in [1.807, 2.05) is 23.1 Å². The Balaban J connectivity index is 1.19. The largest absolute Gasteiger partial charge is 0.493 e. The van der Waals surface area contributed by atoms with Crippen LogP contribution in [0.25, 0.3) is 11.0 Å². The average molecular weight is 631 g/mol. The number of nitrogens with two attached hydrogens (primary N) is 1. The highest BCUT2D eigenvalue weighted by Gasteiger charge is 2.26. The van der Waals surface area contributed by atoms with Crippen molar-refractivity contribution in [3.05, 3.63) is 65.1 Å². The van der Waals surface area contributed by atoms with Gasteiger partial charge in [0, 0.05) is 64.5 Å². The standard InChI is InChI=1S/C33H40FN9O3/c1-20(2)42-15-13-41(14-16-42)11-9-28(44)43-12-8-21-18-27(46-3)26(17-22(21)19-43)38-33-39-31-23(7-10-36-31)32(40-33)37-25-6-4-5-24(34)29(25)30(35)45/h4-7,10,17-18,20H,8-9,11-16,19H2,1-3H3,(H2,35,45)(H3,36,37,38,39,40)/p+1. The fourth-order valence-electron chi connectivity index (χ4n) is 6.26. The third-order valence-corrected chi connectivity index (χ3v) is 8.90. The Hall–Kier alpha value is -4.75. The lowest BCUT2D eigenvalue weighted by Crippen LogP contribution is -2.49. The van der Waals surface area contributed by atoms with Gasteiger partial charge in [-0.1, -0.05) is 11.1 Å². The van der Waals surface area contributed by atoms with Crippen LogP contribution in [0.1, 0.15) is 41.8 Å². The Morgan fingerprint density at radius 3 is 2.63 bits per heavy atom. The number of benzene rings is 2. The number of ether oxygens (including phenoxy) is 1. The predicted octanol–water partition coefficient (Wildman–Crippen LogP) is 3.41. The lowest BCUT2D eigenvalue weighted by atomic mass is 9.98. The molecule has 46 heavy (non-hydrogen) atoms. The lowest BCUT2D eigenvalue weighted by molar-refractivity contribution is -0.333. The van der Waals surface area contributed by atoms with Crippen molar-refractivity contribution in [3.8, 4) is 5.75 Å². The van der Waals surface area contributed by atoms with Crippen LogP contribution in [0.5, 0.6) is 5.75 Å². The Morgan fingerprint density at radius 2 is 1.89 bits per heavy atom. The van der Waals surface area contributed by atoms with Crippen LogP contribution in [0.15, 0.2) is 42.6 Å². The number of piperazine rings is 1. The van der Waals surface area contributed by atoms with Crippen LogP contribution in [0, 0.1) is 5.82 Å². The van der Waals surface area contributed by atoms with Crippen molar-refractivity contribution in [3.63, 3.8) is 0 Å². The Kier molecular flexibility index (Phi) is 9.04. The summed E-state index contributed by atoms with van der Waals surface area (Å²) < 4.78 is 20.2. The van der Waals surface area contributed by atoms with Crippen LogP contribution in [-0.2, 0) is 17.8 Å². The summed E-state index contributed by atoms with van der Waals surface area (Å²) in [6.45, 7) is 10.5. The Morgan fingerprint density at radius 1 is 1.09 bits per heavy atom. The van der Waals surface area contributed by atoms with Crippen LogP contribution in [0.3, 0.4) is 0 Å². The van der Waals surface area contributed by atoms with Crippen LogP contribution >= 0.6 is 0 Å². The van der Waals surface area contributed by atoms with Gasteiger partial charge in [-0.25, -0.2) is 9.37 Å². The molecule has 1 saturated heterocycles. The molecule has 1 fully saturated rings. The maximum atomic E-state index is 14.5. The van der Waals surface area contributed by atoms with Gasteiger partial charge < -0.3 is 25.6 Å². The molecule has 242 valence electrons. The molecule has 0 radical (unpaired) electrons. The minimum atomic E-state index is -0.887. The smallest absolute Gasteiger partial charge is 0.351 e. The number of aromatic amines is 2. The minimum Gasteiger partial charge on any atom is -0.493 e. The van der Waals surface area contributed by atoms with Crippen molar-refractivity contribution < 1.29 is 23.7 Å². The first kappa shape index (κ1) is 31.2. The van der Waals surface area contributed by atoms with E-state index in [1.54, 1.807) is 19.4 Å². The van der Waals surface area contributed by atoms with Crippen LogP contribution < -0.4 is 26.1 Å². The number of hydrogen-bond donors (Lipinski definition) is 4. The summed E-state index contributed by atoms with van der Waals surface area (Å²) in [5, 5.41) is 7.09. The number of carbonyl (C=O) groups is 2. The molecule has 0 unspecified atom stereocenters. The van der Waals surface area contributed by atoms with E-state index in [9.17, 15) is 14.0 Å². The molecular formula is C33H41FN9O3+. The zero-order chi connectivity index (χ0) is 32.4. The maximum Gasteiger partial charge on any atom is 0.351 e. The quantitative estimate of drug-likeness (QED) is 0.209. The highest BCUT2D eigenvalue weighted by Crippen LogP contribution is 2.34. The lowest BCUT2D eigenvalue weighted by Gasteiger charge is -2.37. The number of hydrogen-bond acceptors (Lipinski definition) is 8. The van der Waals surface area contributed by atoms with Crippen LogP contribution in [-0.4, -0.2) is 88.9 Å². The molecule has 13 heteroatoms. The fourth-order valence-corrected chi connectivity index (χ4v) is 6.26. The van der Waals surface area contributed by atoms with Gasteiger partial charge >= 0.3 is 5.95 Å². The van der Waals surface area contributed by atoms with Gasteiger partial charge in [0.2, 0.25) is 17.4 Å². The van der Waals surface area contributed by atoms with Crippen LogP contribution in [0.4, 0.5) is 27.5 Å². The molecule has 2 aliphatic rings. The van der Waals surface area contributed by atoms with E-state index < -0.39 is 11.7 Å². The predicted molar refractivity (Wildman–Crippen MR) is 174 cm³/mol. The average Bonchev–Trinajstić information content (AvgIpc) is 3.52. The number of anilines is 4. The molecule has 0 spiro atoms. The third-order valence-electron chi connectivity index (χ3n) is 8.90. The van der Waals surface area contributed by atoms with E-state index in [4.69, 9.17) is 15.5 Å². The van der Waals surface area contributed by atoms with Gasteiger partial charge in [-0.2, -0.15) is 0 Å². The van der Waals surface area contributed by atoms with E-state index in [0.717, 1.165) is 50.3 Å². The third kappa shape index (κ3) is 6.60. The van der Waals surface area contributed by atoms with E-state index in [2.05, 4.69) is 44.2 Å². The molecule has 6 N–H and O–H groups in total. The molecular weight excluding hydrogens is 589 g/mol. The molecule has 4 heterocycles. The topological polar surface area (TPSA) is 146 Å². The summed E-state index contributed by atoms with van der Waals surface area (Å²) >= 11 is 0. The van der Waals surface area contributed by atoms with Crippen molar-refractivity contribution in [2.45, 2.75) is 39.3 Å². The van der Waals surface area contributed by atoms with Gasteiger partial charge in [0.1, 0.15) is 11.5 Å². The second-order valence-corrected chi connectivity index (χ2v) is 12.1. The summed E-state index contributed by atoms with van der Waals surface area (Å²) in [6, 6.07) is 10.6. The molecule has 2 amide bonds. The molecule has 0 bridgehead atoms. The molecule has 0 atom stereocenters. The summed E-state index contributed by atoms with van der Waals surface area (Å²) in [6.07, 6.45) is 2.99. The second kappa shape index (κ2) is 13.3. The van der Waals surface area contributed by atoms with Gasteiger partial charge in [0.25, 0.3) is 5.91 Å².